The number of nitrogens with zero attached hydrogens (tertiary/aromatic N) is 4. The fourth-order valence-corrected chi connectivity index (χ4v) is 3.30. The molecule has 0 aliphatic heterocycles. The monoisotopic (exact) mass is 410 g/mol. The zero-order valence-electron chi connectivity index (χ0n) is 15.9. The van der Waals surface area contributed by atoms with Gasteiger partial charge in [-0.25, -0.2) is 9.50 Å². The van der Waals surface area contributed by atoms with E-state index in [2.05, 4.69) is 20.4 Å². The van der Waals surface area contributed by atoms with E-state index in [9.17, 15) is 4.79 Å². The summed E-state index contributed by atoms with van der Waals surface area (Å²) in [7, 11) is 0. The lowest BCUT2D eigenvalue weighted by atomic mass is 10.2. The van der Waals surface area contributed by atoms with Crippen LogP contribution in [0, 0.1) is 6.92 Å². The van der Waals surface area contributed by atoms with Crippen molar-refractivity contribution in [2.45, 2.75) is 19.9 Å². The van der Waals surface area contributed by atoms with E-state index >= 15 is 0 Å². The number of ether oxygens (including phenoxy) is 1. The molecular weight excluding hydrogens is 392 g/mol. The lowest BCUT2D eigenvalue weighted by Gasteiger charge is -2.16. The van der Waals surface area contributed by atoms with Gasteiger partial charge in [0.05, 0.1) is 17.8 Å². The van der Waals surface area contributed by atoms with Crippen molar-refractivity contribution in [3.63, 3.8) is 0 Å². The molecule has 1 aromatic carbocycles. The lowest BCUT2D eigenvalue weighted by Crippen LogP contribution is -2.37. The number of halogens is 1. The van der Waals surface area contributed by atoms with Crippen molar-refractivity contribution in [1.29, 1.82) is 0 Å². The van der Waals surface area contributed by atoms with Gasteiger partial charge in [-0.15, -0.1) is 0 Å². The molecule has 0 saturated heterocycles. The van der Waals surface area contributed by atoms with Crippen molar-refractivity contribution in [3.05, 3.63) is 59.1 Å². The van der Waals surface area contributed by atoms with Crippen molar-refractivity contribution >= 4 is 39.7 Å². The Balaban J connectivity index is 1.47. The number of fused-ring (bicyclic) bond motifs is 2. The highest BCUT2D eigenvalue weighted by Gasteiger charge is 2.17. The molecule has 1 amide bonds. The number of benzene rings is 1. The van der Waals surface area contributed by atoms with Crippen molar-refractivity contribution in [1.82, 2.24) is 24.9 Å². The number of hydrogen-bond donors (Lipinski definition) is 2. The Morgan fingerprint density at radius 2 is 2.14 bits per heavy atom. The number of pyridine rings is 1. The fourth-order valence-electron chi connectivity index (χ4n) is 3.06. The van der Waals surface area contributed by atoms with E-state index in [1.54, 1.807) is 24.4 Å². The Morgan fingerprint density at radius 1 is 1.31 bits per heavy atom. The quantitative estimate of drug-likeness (QED) is 0.490. The zero-order chi connectivity index (χ0) is 20.5. The van der Waals surface area contributed by atoms with Crippen molar-refractivity contribution in [2.75, 3.05) is 12.3 Å². The molecule has 3 aromatic heterocycles. The van der Waals surface area contributed by atoms with Gasteiger partial charge in [-0.1, -0.05) is 11.6 Å². The molecule has 0 spiro atoms. The van der Waals surface area contributed by atoms with Gasteiger partial charge in [-0.3, -0.25) is 9.78 Å². The minimum atomic E-state index is -0.313. The summed E-state index contributed by atoms with van der Waals surface area (Å²) in [6.45, 7) is 3.98. The number of rotatable bonds is 5. The first-order valence-corrected chi connectivity index (χ1v) is 9.39. The number of nitrogens with one attached hydrogen (secondary N) is 1. The van der Waals surface area contributed by atoms with Crippen LogP contribution in [-0.2, 0) is 0 Å². The maximum atomic E-state index is 12.7. The molecule has 148 valence electrons. The third-order valence-corrected chi connectivity index (χ3v) is 4.63. The summed E-state index contributed by atoms with van der Waals surface area (Å²) in [5.74, 6) is 0.342. The number of imidazole rings is 1. The smallest absolute Gasteiger partial charge is 0.271 e. The first-order chi connectivity index (χ1) is 13.9. The highest BCUT2D eigenvalue weighted by atomic mass is 35.5. The molecule has 3 N–H and O–H groups in total. The summed E-state index contributed by atoms with van der Waals surface area (Å²) in [6, 6.07) is 8.66. The Hall–Kier alpha value is -3.39. The van der Waals surface area contributed by atoms with E-state index in [0.717, 1.165) is 16.5 Å². The maximum absolute atomic E-state index is 12.7. The van der Waals surface area contributed by atoms with Gasteiger partial charge in [0.1, 0.15) is 17.5 Å². The van der Waals surface area contributed by atoms with Gasteiger partial charge in [0.15, 0.2) is 11.3 Å². The van der Waals surface area contributed by atoms with E-state index in [1.165, 1.54) is 10.7 Å². The number of aromatic nitrogens is 4. The molecule has 0 unspecified atom stereocenters. The number of anilines is 1. The number of aryl methyl sites for hydroxylation is 1. The molecule has 0 saturated carbocycles. The van der Waals surface area contributed by atoms with E-state index < -0.39 is 0 Å². The van der Waals surface area contributed by atoms with Gasteiger partial charge < -0.3 is 15.8 Å². The average molecular weight is 411 g/mol. The summed E-state index contributed by atoms with van der Waals surface area (Å²) in [5.41, 5.74) is 9.02. The fraction of sp³-hybridized carbons (Fsp3) is 0.200. The molecule has 29 heavy (non-hydrogen) atoms. The van der Waals surface area contributed by atoms with Crippen LogP contribution in [0.2, 0.25) is 5.15 Å². The zero-order valence-corrected chi connectivity index (χ0v) is 16.6. The summed E-state index contributed by atoms with van der Waals surface area (Å²) in [5, 5.41) is 8.18. The highest BCUT2D eigenvalue weighted by molar-refractivity contribution is 6.29. The first kappa shape index (κ1) is 18.9. The van der Waals surface area contributed by atoms with E-state index in [-0.39, 0.29) is 18.6 Å². The van der Waals surface area contributed by atoms with E-state index in [0.29, 0.717) is 27.9 Å². The summed E-state index contributed by atoms with van der Waals surface area (Å²) in [6.07, 6.45) is 3.15. The molecular formula is C20H19ClN6O2. The molecule has 0 aliphatic rings. The molecule has 0 fully saturated rings. The summed E-state index contributed by atoms with van der Waals surface area (Å²) < 4.78 is 7.35. The Morgan fingerprint density at radius 3 is 2.97 bits per heavy atom. The number of hydrogen-bond acceptors (Lipinski definition) is 6. The van der Waals surface area contributed by atoms with Gasteiger partial charge in [0, 0.05) is 17.3 Å². The molecule has 0 aliphatic carbocycles. The Kier molecular flexibility index (Phi) is 4.94. The van der Waals surface area contributed by atoms with Crippen molar-refractivity contribution in [3.8, 4) is 5.75 Å². The van der Waals surface area contributed by atoms with Gasteiger partial charge in [0.25, 0.3) is 5.91 Å². The summed E-state index contributed by atoms with van der Waals surface area (Å²) >= 11 is 6.01. The molecule has 4 rings (SSSR count). The minimum Gasteiger partial charge on any atom is -0.491 e. The number of nitrogens with two attached hydrogens (primary N) is 1. The standard InChI is InChI=1S/C20H19ClN6O2/c1-11-7-18(21)26-27-16(9-24-19(11)27)20(28)25-12(2)10-29-17-5-6-23-15-4-3-13(22)8-14(15)17/h3-9,12H,10,22H2,1-2H3,(H,25,28)/t12-/m1/s1. The van der Waals surface area contributed by atoms with Crippen LogP contribution in [0.15, 0.2) is 42.7 Å². The maximum Gasteiger partial charge on any atom is 0.271 e. The molecule has 4 aromatic rings. The normalized spacial score (nSPS) is 12.2. The topological polar surface area (TPSA) is 107 Å². The lowest BCUT2D eigenvalue weighted by molar-refractivity contribution is 0.0920. The third-order valence-electron chi connectivity index (χ3n) is 4.45. The van der Waals surface area contributed by atoms with Crippen LogP contribution in [0.3, 0.4) is 0 Å². The average Bonchev–Trinajstić information content (AvgIpc) is 3.10. The molecule has 9 heteroatoms. The highest BCUT2D eigenvalue weighted by Crippen LogP contribution is 2.25. The Bertz CT molecular complexity index is 1220. The van der Waals surface area contributed by atoms with Crippen LogP contribution in [0.4, 0.5) is 5.69 Å². The minimum absolute atomic E-state index is 0.266. The first-order valence-electron chi connectivity index (χ1n) is 9.01. The van der Waals surface area contributed by atoms with Crippen LogP contribution in [0.5, 0.6) is 5.75 Å². The van der Waals surface area contributed by atoms with Crippen LogP contribution in [0.1, 0.15) is 23.0 Å². The second-order valence-corrected chi connectivity index (χ2v) is 7.19. The van der Waals surface area contributed by atoms with Crippen LogP contribution in [-0.4, -0.2) is 38.1 Å². The largest absolute Gasteiger partial charge is 0.491 e. The second-order valence-electron chi connectivity index (χ2n) is 6.80. The number of nitrogen functional groups attached to an aromatic ring is 1. The molecule has 0 bridgehead atoms. The van der Waals surface area contributed by atoms with Crippen LogP contribution < -0.4 is 15.8 Å². The van der Waals surface area contributed by atoms with Gasteiger partial charge >= 0.3 is 0 Å². The van der Waals surface area contributed by atoms with Gasteiger partial charge in [-0.05, 0) is 49.7 Å². The van der Waals surface area contributed by atoms with Crippen molar-refractivity contribution < 1.29 is 9.53 Å². The van der Waals surface area contributed by atoms with Crippen LogP contribution >= 0.6 is 11.6 Å². The van der Waals surface area contributed by atoms with Crippen molar-refractivity contribution in [2.24, 2.45) is 0 Å². The van der Waals surface area contributed by atoms with Crippen LogP contribution in [0.25, 0.3) is 16.6 Å². The number of carbonyl (C=O) groups excluding carboxylic acids is 1. The van der Waals surface area contributed by atoms with E-state index in [1.807, 2.05) is 26.0 Å². The predicted molar refractivity (Wildman–Crippen MR) is 111 cm³/mol. The third kappa shape index (κ3) is 3.79. The number of carbonyl (C=O) groups is 1. The van der Waals surface area contributed by atoms with E-state index in [4.69, 9.17) is 22.1 Å². The predicted octanol–water partition coefficient (Wildman–Crippen LogP) is 3.02. The molecule has 0 radical (unpaired) electrons. The van der Waals surface area contributed by atoms with Gasteiger partial charge in [0.2, 0.25) is 0 Å². The summed E-state index contributed by atoms with van der Waals surface area (Å²) in [4.78, 5) is 21.2. The molecule has 8 nitrogen and oxygen atoms in total. The SMILES string of the molecule is Cc1cc(Cl)nn2c(C(=O)N[C@H](C)COc3ccnc4ccc(N)cc34)cnc12. The van der Waals surface area contributed by atoms with Gasteiger partial charge in [-0.2, -0.15) is 5.10 Å². The second kappa shape index (κ2) is 7.56. The molecule has 1 atom stereocenters. The Labute approximate surface area is 171 Å². The molecule has 3 heterocycles. The number of amides is 1.